The molecule has 1 aliphatic rings. The van der Waals surface area contributed by atoms with Crippen LogP contribution in [0.25, 0.3) is 22.0 Å². The molecule has 1 amide bonds. The molecule has 0 saturated carbocycles. The molecule has 34 heavy (non-hydrogen) atoms. The fraction of sp³-hybridized carbons (Fsp3) is 0.208. The van der Waals surface area contributed by atoms with Gasteiger partial charge >= 0.3 is 0 Å². The molecule has 10 heteroatoms. The van der Waals surface area contributed by atoms with E-state index in [1.807, 2.05) is 42.6 Å². The fourth-order valence-electron chi connectivity index (χ4n) is 4.13. The van der Waals surface area contributed by atoms with Crippen molar-refractivity contribution in [2.24, 2.45) is 0 Å². The number of nitrogen functional groups attached to an aromatic ring is 1. The topological polar surface area (TPSA) is 128 Å². The van der Waals surface area contributed by atoms with E-state index >= 15 is 0 Å². The van der Waals surface area contributed by atoms with E-state index in [1.54, 1.807) is 5.38 Å². The molecule has 174 valence electrons. The van der Waals surface area contributed by atoms with Gasteiger partial charge in [-0.05, 0) is 35.4 Å². The highest BCUT2D eigenvalue weighted by atomic mass is 32.2. The molecule has 5 rings (SSSR count). The Morgan fingerprint density at radius 3 is 2.91 bits per heavy atom. The molecule has 0 spiro atoms. The van der Waals surface area contributed by atoms with Crippen LogP contribution in [0.4, 0.5) is 11.4 Å². The number of nitrogens with two attached hydrogens (primary N) is 1. The number of nitrogens with zero attached hydrogens (tertiary/aromatic N) is 2. The van der Waals surface area contributed by atoms with Gasteiger partial charge in [0.15, 0.2) is 0 Å². The van der Waals surface area contributed by atoms with Crippen LogP contribution in [-0.2, 0) is 17.3 Å². The van der Waals surface area contributed by atoms with Crippen molar-refractivity contribution in [3.63, 3.8) is 0 Å². The van der Waals surface area contributed by atoms with Crippen LogP contribution >= 0.6 is 11.3 Å². The normalized spacial score (nSPS) is 14.9. The lowest BCUT2D eigenvalue weighted by atomic mass is 9.98. The van der Waals surface area contributed by atoms with Crippen LogP contribution in [0, 0.1) is 5.41 Å². The number of thiazole rings is 1. The van der Waals surface area contributed by atoms with Crippen molar-refractivity contribution in [1.29, 1.82) is 5.41 Å². The third-order valence-corrected chi connectivity index (χ3v) is 8.03. The van der Waals surface area contributed by atoms with Crippen molar-refractivity contribution in [1.82, 2.24) is 14.9 Å². The minimum absolute atomic E-state index is 0.327. The van der Waals surface area contributed by atoms with E-state index in [9.17, 15) is 9.00 Å². The summed E-state index contributed by atoms with van der Waals surface area (Å²) in [5.74, 6) is 1.01. The van der Waals surface area contributed by atoms with Crippen LogP contribution in [0.5, 0.6) is 0 Å². The maximum Gasteiger partial charge on any atom is 0.275 e. The third-order valence-electron chi connectivity index (χ3n) is 5.92. The number of benzene rings is 2. The van der Waals surface area contributed by atoms with Crippen LogP contribution in [0.15, 0.2) is 48.0 Å². The van der Waals surface area contributed by atoms with Crippen molar-refractivity contribution < 1.29 is 9.00 Å². The Morgan fingerprint density at radius 1 is 1.29 bits per heavy atom. The maximum absolute atomic E-state index is 13.0. The number of hydrogen-bond donors (Lipinski definition) is 4. The highest BCUT2D eigenvalue weighted by molar-refractivity contribution is 7.85. The zero-order valence-corrected chi connectivity index (χ0v) is 20.0. The number of H-pyrrole nitrogens is 1. The van der Waals surface area contributed by atoms with Gasteiger partial charge < -0.3 is 21.4 Å². The second kappa shape index (κ2) is 9.49. The van der Waals surface area contributed by atoms with Crippen molar-refractivity contribution in [3.05, 3.63) is 64.2 Å². The van der Waals surface area contributed by atoms with Gasteiger partial charge in [-0.15, -0.1) is 11.3 Å². The van der Waals surface area contributed by atoms with Gasteiger partial charge in [0, 0.05) is 75.3 Å². The molecule has 1 fully saturated rings. The number of rotatable bonds is 6. The van der Waals surface area contributed by atoms with Gasteiger partial charge in [0.05, 0.1) is 12.2 Å². The minimum Gasteiger partial charge on any atom is -0.398 e. The summed E-state index contributed by atoms with van der Waals surface area (Å²) in [4.78, 5) is 22.9. The smallest absolute Gasteiger partial charge is 0.275 e. The average Bonchev–Trinajstić information content (AvgIpc) is 3.50. The first-order valence-corrected chi connectivity index (χ1v) is 13.2. The number of hydrogen-bond acceptors (Lipinski definition) is 7. The lowest BCUT2D eigenvalue weighted by molar-refractivity contribution is 0.102. The molecular formula is C24H24N6O2S2. The van der Waals surface area contributed by atoms with Crippen molar-refractivity contribution in [3.8, 4) is 11.1 Å². The molecule has 1 saturated heterocycles. The number of carbonyl (C=O) groups excluding carboxylic acids is 1. The average molecular weight is 493 g/mol. The number of aromatic amines is 1. The molecule has 1 aliphatic heterocycles. The molecule has 0 bridgehead atoms. The standard InChI is InChI=1S/C24H24N6O2S2/c25-12-18-19(26)10-15(16-2-1-3-20-17(16)4-5-27-20)11-21(18)29-24(31)22-14-33-23(28-22)13-30-6-8-34(32)9-7-30/h1-5,10-12,14,25,27H,6-9,13,26H2,(H,29,31). The molecule has 0 atom stereocenters. The summed E-state index contributed by atoms with van der Waals surface area (Å²) < 4.78 is 11.6. The molecule has 5 N–H and O–H groups in total. The predicted molar refractivity (Wildman–Crippen MR) is 139 cm³/mol. The Balaban J connectivity index is 1.39. The molecule has 8 nitrogen and oxygen atoms in total. The summed E-state index contributed by atoms with van der Waals surface area (Å²) in [5.41, 5.74) is 10.8. The van der Waals surface area contributed by atoms with Crippen LogP contribution in [0.2, 0.25) is 0 Å². The Hall–Kier alpha value is -3.34. The Kier molecular flexibility index (Phi) is 6.27. The molecule has 4 aromatic rings. The lowest BCUT2D eigenvalue weighted by Gasteiger charge is -2.24. The van der Waals surface area contributed by atoms with Gasteiger partial charge in [0.25, 0.3) is 5.91 Å². The molecule has 0 radical (unpaired) electrons. The van der Waals surface area contributed by atoms with E-state index in [4.69, 9.17) is 11.1 Å². The molecule has 3 heterocycles. The summed E-state index contributed by atoms with van der Waals surface area (Å²) in [5, 5.41) is 14.4. The van der Waals surface area contributed by atoms with Gasteiger partial charge in [-0.2, -0.15) is 0 Å². The molecule has 2 aromatic carbocycles. The summed E-state index contributed by atoms with van der Waals surface area (Å²) in [6, 6.07) is 11.6. The van der Waals surface area contributed by atoms with E-state index in [2.05, 4.69) is 20.2 Å². The first-order valence-electron chi connectivity index (χ1n) is 10.9. The summed E-state index contributed by atoms with van der Waals surface area (Å²) in [6.07, 6.45) is 3.04. The van der Waals surface area contributed by atoms with Crippen molar-refractivity contribution in [2.75, 3.05) is 35.6 Å². The molecule has 0 unspecified atom stereocenters. The molecular weight excluding hydrogens is 468 g/mol. The maximum atomic E-state index is 13.0. The fourth-order valence-corrected chi connectivity index (χ4v) is 6.08. The van der Waals surface area contributed by atoms with Gasteiger partial charge in [-0.3, -0.25) is 13.9 Å². The Labute approximate surface area is 203 Å². The zero-order chi connectivity index (χ0) is 23.7. The minimum atomic E-state index is -0.724. The highest BCUT2D eigenvalue weighted by Crippen LogP contribution is 2.34. The number of nitrogens with one attached hydrogen (secondary N) is 3. The second-order valence-corrected chi connectivity index (χ2v) is 10.8. The predicted octanol–water partition coefficient (Wildman–Crippen LogP) is 3.69. The van der Waals surface area contributed by atoms with E-state index in [0.29, 0.717) is 40.7 Å². The number of carbonyl (C=O) groups is 1. The van der Waals surface area contributed by atoms with E-state index in [0.717, 1.165) is 46.3 Å². The van der Waals surface area contributed by atoms with Gasteiger partial charge in [-0.1, -0.05) is 12.1 Å². The molecule has 2 aromatic heterocycles. The van der Waals surface area contributed by atoms with E-state index < -0.39 is 10.8 Å². The lowest BCUT2D eigenvalue weighted by Crippen LogP contribution is -2.37. The van der Waals surface area contributed by atoms with Gasteiger partial charge in [0.2, 0.25) is 0 Å². The number of fused-ring (bicyclic) bond motifs is 1. The Bertz CT molecular complexity index is 1400. The Morgan fingerprint density at radius 2 is 2.12 bits per heavy atom. The van der Waals surface area contributed by atoms with Crippen molar-refractivity contribution >= 4 is 56.5 Å². The van der Waals surface area contributed by atoms with Crippen molar-refractivity contribution in [2.45, 2.75) is 6.54 Å². The van der Waals surface area contributed by atoms with Crippen LogP contribution in [0.1, 0.15) is 21.1 Å². The van der Waals surface area contributed by atoms with Gasteiger partial charge in [0.1, 0.15) is 10.7 Å². The molecule has 0 aliphatic carbocycles. The monoisotopic (exact) mass is 492 g/mol. The van der Waals surface area contributed by atoms with E-state index in [-0.39, 0.29) is 5.91 Å². The number of anilines is 2. The zero-order valence-electron chi connectivity index (χ0n) is 18.3. The largest absolute Gasteiger partial charge is 0.398 e. The first-order chi connectivity index (χ1) is 16.5. The SMILES string of the molecule is N=Cc1c(N)cc(-c2cccc3[nH]ccc23)cc1NC(=O)c1csc(CN2CCS(=O)CC2)n1. The van der Waals surface area contributed by atoms with Crippen LogP contribution in [-0.4, -0.2) is 55.8 Å². The van der Waals surface area contributed by atoms with Gasteiger partial charge in [-0.25, -0.2) is 4.98 Å². The summed E-state index contributed by atoms with van der Waals surface area (Å²) in [6.45, 7) is 2.19. The third kappa shape index (κ3) is 4.52. The first kappa shape index (κ1) is 22.5. The highest BCUT2D eigenvalue weighted by Gasteiger charge is 2.19. The van der Waals surface area contributed by atoms with E-state index in [1.165, 1.54) is 11.3 Å². The number of amides is 1. The number of aromatic nitrogens is 2. The van der Waals surface area contributed by atoms with Crippen LogP contribution in [0.3, 0.4) is 0 Å². The summed E-state index contributed by atoms with van der Waals surface area (Å²) in [7, 11) is -0.724. The quantitative estimate of drug-likeness (QED) is 0.241. The summed E-state index contributed by atoms with van der Waals surface area (Å²) >= 11 is 1.44. The van der Waals surface area contributed by atoms with Crippen LogP contribution < -0.4 is 11.1 Å². The second-order valence-electron chi connectivity index (χ2n) is 8.12.